The first-order chi connectivity index (χ1) is 2.00. The van der Waals surface area contributed by atoms with Crippen molar-refractivity contribution in [1.82, 2.24) is 0 Å². The van der Waals surface area contributed by atoms with Crippen LogP contribution < -0.4 is 132 Å². The predicted octanol–water partition coefficient (Wildman–Crippen LogP) is -10.8. The van der Waals surface area contributed by atoms with Crippen molar-refractivity contribution in [3.63, 3.8) is 0 Å². The Morgan fingerprint density at radius 1 is 1.12 bits per heavy atom. The van der Waals surface area contributed by atoms with Crippen LogP contribution in [0.15, 0.2) is 0 Å². The van der Waals surface area contributed by atoms with E-state index in [4.69, 9.17) is 16.0 Å². The van der Waals surface area contributed by atoms with Gasteiger partial charge in [0.25, 0.3) is 0 Å². The van der Waals surface area contributed by atoms with Crippen molar-refractivity contribution >= 4 is 14.5 Å². The van der Waals surface area contributed by atoms with Gasteiger partial charge in [-0.25, -0.2) is 0 Å². The molecule has 0 atom stereocenters. The fourth-order valence-corrected chi connectivity index (χ4v) is 0. The zero-order chi connectivity index (χ0) is 4.50. The molecule has 38 valence electrons. The molecule has 0 heterocycles. The van der Waals surface area contributed by atoms with E-state index in [0.717, 1.165) is 0 Å². The minimum Gasteiger partial charge on any atom is -1.00 e. The summed E-state index contributed by atoms with van der Waals surface area (Å²) in [5.41, 5.74) is 0. The van der Waals surface area contributed by atoms with Crippen LogP contribution in [0.5, 0.6) is 0 Å². The van der Waals surface area contributed by atoms with Crippen LogP contribution in [-0.4, -0.2) is 26.8 Å². The maximum atomic E-state index is 8.94. The minimum absolute atomic E-state index is 0. The predicted molar refractivity (Wildman–Crippen MR) is 16.4 cm³/mol. The molecule has 0 aromatic carbocycles. The fraction of sp³-hybridized carbons (Fsp3) is 0. The monoisotopic (exact) mass is 246 g/mol. The molecule has 0 unspecified atom stereocenters. The standard InChI is InChI=1S/AsH3O4.2K.Na.3H/c2-1(3,4)5;;;;;;/h(H3,2,3,4,5);;;;;;/q;3*+1;3*-1. The molecule has 8 heavy (non-hydrogen) atoms. The van der Waals surface area contributed by atoms with Crippen molar-refractivity contribution < 1.29 is 153 Å². The normalized spacial score (nSPS) is 7.38. The second kappa shape index (κ2) is 11.5. The second-order valence-electron chi connectivity index (χ2n) is 0.513. The molecule has 0 fully saturated rings. The van der Waals surface area contributed by atoms with Crippen molar-refractivity contribution in [1.29, 1.82) is 0 Å². The Morgan fingerprint density at radius 2 is 1.12 bits per heavy atom. The largest absolute Gasteiger partial charge is 1.00 e. The van der Waals surface area contributed by atoms with Crippen LogP contribution >= 0.6 is 0 Å². The van der Waals surface area contributed by atoms with Crippen molar-refractivity contribution in [2.75, 3.05) is 0 Å². The number of hydrogen-bond acceptors (Lipinski definition) is 1. The average Bonchev–Trinajstić information content (AvgIpc) is 0.722. The third kappa shape index (κ3) is 46.7. The SMILES string of the molecule is O=[As](O)(O)O.[H-].[H-].[H-].[K+].[K+].[Na+]. The molecule has 0 saturated heterocycles. The van der Waals surface area contributed by atoms with E-state index in [-0.39, 0.29) is 137 Å². The van der Waals surface area contributed by atoms with E-state index >= 15 is 0 Å². The summed E-state index contributed by atoms with van der Waals surface area (Å²) in [6.07, 6.45) is 0. The molecule has 8 heteroatoms. The van der Waals surface area contributed by atoms with Crippen LogP contribution in [0.3, 0.4) is 0 Å². The minimum atomic E-state index is -5.12. The molecular weight excluding hydrogens is 240 g/mol. The Balaban J connectivity index is -0.00000000533. The van der Waals surface area contributed by atoms with Gasteiger partial charge in [0, 0.05) is 0 Å². The maximum absolute atomic E-state index is 8.94. The van der Waals surface area contributed by atoms with Gasteiger partial charge in [0.15, 0.2) is 0 Å². The Hall–Kier alpha value is 4.51. The van der Waals surface area contributed by atoms with E-state index in [9.17, 15) is 0 Å². The summed E-state index contributed by atoms with van der Waals surface area (Å²) in [5, 5.41) is 0. The van der Waals surface area contributed by atoms with Crippen LogP contribution in [0.25, 0.3) is 0 Å². The summed E-state index contributed by atoms with van der Waals surface area (Å²) >= 11 is -5.12. The smallest absolute Gasteiger partial charge is 1.00 e. The van der Waals surface area contributed by atoms with Crippen LogP contribution in [0.4, 0.5) is 0 Å². The molecule has 0 aromatic heterocycles. The van der Waals surface area contributed by atoms with Gasteiger partial charge in [-0.3, -0.25) is 0 Å². The van der Waals surface area contributed by atoms with Gasteiger partial charge < -0.3 is 4.28 Å². The van der Waals surface area contributed by atoms with Crippen LogP contribution in [0.1, 0.15) is 4.28 Å². The summed E-state index contributed by atoms with van der Waals surface area (Å²) in [6.45, 7) is 0. The van der Waals surface area contributed by atoms with Gasteiger partial charge in [0.2, 0.25) is 0 Å². The fourth-order valence-electron chi connectivity index (χ4n) is 0. The first-order valence-corrected chi connectivity index (χ1v) is 4.07. The molecule has 4 nitrogen and oxygen atoms in total. The summed E-state index contributed by atoms with van der Waals surface area (Å²) in [7, 11) is 0. The van der Waals surface area contributed by atoms with E-state index in [1.54, 1.807) is 0 Å². The van der Waals surface area contributed by atoms with E-state index < -0.39 is 14.5 Å². The van der Waals surface area contributed by atoms with Gasteiger partial charge in [-0.05, 0) is 0 Å². The number of hydrogen-bond donors (Lipinski definition) is 3. The van der Waals surface area contributed by atoms with Gasteiger partial charge in [0.1, 0.15) is 0 Å². The Labute approximate surface area is 162 Å². The van der Waals surface area contributed by atoms with Gasteiger partial charge in [-0.15, -0.1) is 0 Å². The molecule has 0 rings (SSSR count). The van der Waals surface area contributed by atoms with Gasteiger partial charge in [-0.2, -0.15) is 0 Å². The van der Waals surface area contributed by atoms with Crippen molar-refractivity contribution in [2.24, 2.45) is 0 Å². The average molecular weight is 246 g/mol. The van der Waals surface area contributed by atoms with Crippen molar-refractivity contribution in [3.05, 3.63) is 0 Å². The Bertz CT molecular complexity index is 69.5. The van der Waals surface area contributed by atoms with Crippen molar-refractivity contribution in [2.45, 2.75) is 0 Å². The topological polar surface area (TPSA) is 77.8 Å². The third-order valence-corrected chi connectivity index (χ3v) is 0. The summed E-state index contributed by atoms with van der Waals surface area (Å²) in [5.74, 6) is 0. The zero-order valence-electron chi connectivity index (χ0n) is 8.20. The molecular formula is H6AsK2NaO4. The van der Waals surface area contributed by atoms with E-state index in [2.05, 4.69) is 0 Å². The summed E-state index contributed by atoms with van der Waals surface area (Å²) < 4.78 is 30.7. The van der Waals surface area contributed by atoms with Gasteiger partial charge in [-0.1, -0.05) is 0 Å². The zero-order valence-corrected chi connectivity index (χ0v) is 15.3. The molecule has 0 bridgehead atoms. The van der Waals surface area contributed by atoms with E-state index in [0.29, 0.717) is 0 Å². The van der Waals surface area contributed by atoms with E-state index in [1.165, 1.54) is 0 Å². The molecule has 3 N–H and O–H groups in total. The van der Waals surface area contributed by atoms with Gasteiger partial charge in [0.05, 0.1) is 0 Å². The summed E-state index contributed by atoms with van der Waals surface area (Å²) in [4.78, 5) is 0. The molecule has 0 aromatic rings. The number of rotatable bonds is 0. The second-order valence-corrected chi connectivity index (χ2v) is 2.67. The molecule has 0 aliphatic rings. The summed E-state index contributed by atoms with van der Waals surface area (Å²) in [6, 6.07) is 0. The maximum Gasteiger partial charge on any atom is 1.00 e. The van der Waals surface area contributed by atoms with Crippen LogP contribution in [-0.2, 0) is 3.74 Å². The van der Waals surface area contributed by atoms with E-state index in [1.807, 2.05) is 0 Å². The van der Waals surface area contributed by atoms with Gasteiger partial charge >= 0.3 is 163 Å². The Kier molecular flexibility index (Phi) is 32.9. The molecule has 0 aliphatic heterocycles. The first-order valence-electron chi connectivity index (χ1n) is 0.783. The molecule has 0 spiro atoms. The molecule has 0 aliphatic carbocycles. The van der Waals surface area contributed by atoms with Crippen molar-refractivity contribution in [3.8, 4) is 0 Å². The van der Waals surface area contributed by atoms with Crippen LogP contribution in [0.2, 0.25) is 0 Å². The molecule has 0 amide bonds. The molecule has 0 radical (unpaired) electrons. The third-order valence-electron chi connectivity index (χ3n) is 0. The quantitative estimate of drug-likeness (QED) is 0.371. The molecule has 0 saturated carbocycles. The Morgan fingerprint density at radius 3 is 1.12 bits per heavy atom. The first kappa shape index (κ1) is 22.9. The van der Waals surface area contributed by atoms with Crippen LogP contribution in [0, 0.1) is 0 Å².